The summed E-state index contributed by atoms with van der Waals surface area (Å²) < 4.78 is 12.7. The van der Waals surface area contributed by atoms with Crippen LogP contribution in [0.1, 0.15) is 44.0 Å². The van der Waals surface area contributed by atoms with E-state index in [1.54, 1.807) is 0 Å². The lowest BCUT2D eigenvalue weighted by atomic mass is 9.79. The van der Waals surface area contributed by atoms with Crippen LogP contribution >= 0.6 is 0 Å². The van der Waals surface area contributed by atoms with Crippen molar-refractivity contribution in [2.45, 2.75) is 39.7 Å². The summed E-state index contributed by atoms with van der Waals surface area (Å²) in [6.45, 7) is 5.74. The van der Waals surface area contributed by atoms with Crippen LogP contribution in [0.5, 0.6) is 0 Å². The molecule has 0 aromatic heterocycles. The summed E-state index contributed by atoms with van der Waals surface area (Å²) in [4.78, 5) is 12.0. The average molecular weight is 238 g/mol. The Balaban J connectivity index is 2.86. The molecule has 0 saturated carbocycles. The van der Waals surface area contributed by atoms with E-state index in [1.807, 2.05) is 20.8 Å². The van der Waals surface area contributed by atoms with Gasteiger partial charge in [-0.05, 0) is 36.1 Å². The predicted octanol–water partition coefficient (Wildman–Crippen LogP) is 3.20. The summed E-state index contributed by atoms with van der Waals surface area (Å²) >= 11 is 0. The van der Waals surface area contributed by atoms with Crippen molar-refractivity contribution < 1.29 is 14.3 Å². The van der Waals surface area contributed by atoms with Crippen LogP contribution < -0.4 is 0 Å². The predicted molar refractivity (Wildman–Crippen MR) is 65.4 cm³/mol. The van der Waals surface area contributed by atoms with Gasteiger partial charge in [0.2, 0.25) is 0 Å². The molecule has 1 aromatic carbocycles. The first-order valence-corrected chi connectivity index (χ1v) is 5.86. The van der Waals surface area contributed by atoms with Crippen LogP contribution in [0.3, 0.4) is 0 Å². The maximum absolute atomic E-state index is 12.7. The average Bonchev–Trinajstić information content (AvgIpc) is 2.28. The Bertz CT molecular complexity index is 382. The van der Waals surface area contributed by atoms with E-state index >= 15 is 0 Å². The fraction of sp³-hybridized carbons (Fsp3) is 0.500. The van der Waals surface area contributed by atoms with E-state index in [0.717, 1.165) is 12.8 Å². The lowest BCUT2D eigenvalue weighted by Gasteiger charge is -2.29. The molecule has 1 aromatic rings. The van der Waals surface area contributed by atoms with Crippen LogP contribution in [0, 0.1) is 11.2 Å². The molecule has 94 valence electrons. The van der Waals surface area contributed by atoms with Crippen LogP contribution in [-0.2, 0) is 0 Å². The van der Waals surface area contributed by atoms with Crippen molar-refractivity contribution >= 4 is 5.78 Å². The third kappa shape index (κ3) is 3.37. The molecule has 0 saturated heterocycles. The molecular formula is C14H19FO2. The van der Waals surface area contributed by atoms with Crippen molar-refractivity contribution in [3.63, 3.8) is 0 Å². The first-order chi connectivity index (χ1) is 7.88. The van der Waals surface area contributed by atoms with Crippen LogP contribution in [-0.4, -0.2) is 17.0 Å². The van der Waals surface area contributed by atoms with Crippen LogP contribution in [0.25, 0.3) is 0 Å². The highest BCUT2D eigenvalue weighted by Crippen LogP contribution is 2.29. The number of aliphatic hydroxyl groups is 1. The van der Waals surface area contributed by atoms with Crippen molar-refractivity contribution in [1.82, 2.24) is 0 Å². The van der Waals surface area contributed by atoms with Gasteiger partial charge in [0.05, 0.1) is 0 Å². The van der Waals surface area contributed by atoms with Gasteiger partial charge in [-0.25, -0.2) is 4.39 Å². The van der Waals surface area contributed by atoms with Gasteiger partial charge in [-0.15, -0.1) is 0 Å². The van der Waals surface area contributed by atoms with Gasteiger partial charge in [-0.1, -0.05) is 27.2 Å². The first-order valence-electron chi connectivity index (χ1n) is 5.86. The van der Waals surface area contributed by atoms with Gasteiger partial charge in [-0.3, -0.25) is 4.79 Å². The summed E-state index contributed by atoms with van der Waals surface area (Å²) in [6.07, 6.45) is 0.620. The zero-order valence-corrected chi connectivity index (χ0v) is 10.5. The Morgan fingerprint density at radius 2 is 1.88 bits per heavy atom. The first kappa shape index (κ1) is 13.8. The highest BCUT2D eigenvalue weighted by Gasteiger charge is 2.33. The molecule has 17 heavy (non-hydrogen) atoms. The second-order valence-corrected chi connectivity index (χ2v) is 5.01. The summed E-state index contributed by atoms with van der Waals surface area (Å²) in [6, 6.07) is 5.27. The van der Waals surface area contributed by atoms with E-state index < -0.39 is 11.5 Å². The van der Waals surface area contributed by atoms with Gasteiger partial charge < -0.3 is 5.11 Å². The summed E-state index contributed by atoms with van der Waals surface area (Å²) in [5.74, 6) is -0.729. The van der Waals surface area contributed by atoms with Crippen molar-refractivity contribution in [3.8, 4) is 0 Å². The maximum Gasteiger partial charge on any atom is 0.191 e. The summed E-state index contributed by atoms with van der Waals surface area (Å²) in [7, 11) is 0. The molecule has 1 rings (SSSR count). The second kappa shape index (κ2) is 5.41. The van der Waals surface area contributed by atoms with Gasteiger partial charge >= 0.3 is 0 Å². The fourth-order valence-electron chi connectivity index (χ4n) is 1.91. The van der Waals surface area contributed by atoms with Gasteiger partial charge in [-0.2, -0.15) is 0 Å². The molecule has 2 nitrogen and oxygen atoms in total. The molecular weight excluding hydrogens is 219 g/mol. The van der Waals surface area contributed by atoms with E-state index in [4.69, 9.17) is 0 Å². The van der Waals surface area contributed by atoms with Crippen molar-refractivity contribution in [2.24, 2.45) is 5.41 Å². The van der Waals surface area contributed by atoms with E-state index in [2.05, 4.69) is 0 Å². The van der Waals surface area contributed by atoms with E-state index in [9.17, 15) is 14.3 Å². The monoisotopic (exact) mass is 238 g/mol. The molecule has 1 N–H and O–H groups in total. The number of hydrogen-bond donors (Lipinski definition) is 1. The van der Waals surface area contributed by atoms with E-state index in [1.165, 1.54) is 24.3 Å². The van der Waals surface area contributed by atoms with E-state index in [0.29, 0.717) is 5.56 Å². The Morgan fingerprint density at radius 1 is 1.35 bits per heavy atom. The Hall–Kier alpha value is -1.22. The van der Waals surface area contributed by atoms with Gasteiger partial charge in [0.1, 0.15) is 11.9 Å². The number of aliphatic hydroxyl groups excluding tert-OH is 1. The van der Waals surface area contributed by atoms with Crippen LogP contribution in [0.15, 0.2) is 24.3 Å². The largest absolute Gasteiger partial charge is 0.384 e. The molecule has 0 aliphatic heterocycles. The Labute approximate surface area is 101 Å². The topological polar surface area (TPSA) is 37.3 Å². The molecule has 1 atom stereocenters. The van der Waals surface area contributed by atoms with Gasteiger partial charge in [0.25, 0.3) is 0 Å². The molecule has 0 fully saturated rings. The number of rotatable bonds is 5. The van der Waals surface area contributed by atoms with Crippen LogP contribution in [0.4, 0.5) is 4.39 Å². The smallest absolute Gasteiger partial charge is 0.191 e. The number of ketones is 1. The van der Waals surface area contributed by atoms with Gasteiger partial charge in [0.15, 0.2) is 5.78 Å². The second-order valence-electron chi connectivity index (χ2n) is 5.01. The minimum atomic E-state index is -1.05. The molecule has 0 amide bonds. The molecule has 1 unspecified atom stereocenters. The minimum absolute atomic E-state index is 0.344. The highest BCUT2D eigenvalue weighted by atomic mass is 19.1. The zero-order chi connectivity index (χ0) is 13.1. The molecule has 0 spiro atoms. The zero-order valence-electron chi connectivity index (χ0n) is 10.5. The number of benzene rings is 1. The van der Waals surface area contributed by atoms with Crippen molar-refractivity contribution in [1.29, 1.82) is 0 Å². The molecule has 3 heteroatoms. The van der Waals surface area contributed by atoms with Crippen molar-refractivity contribution in [3.05, 3.63) is 35.6 Å². The lowest BCUT2D eigenvalue weighted by molar-refractivity contribution is 0.0349. The van der Waals surface area contributed by atoms with Crippen molar-refractivity contribution in [2.75, 3.05) is 0 Å². The fourth-order valence-corrected chi connectivity index (χ4v) is 1.91. The number of carbonyl (C=O) groups excluding carboxylic acids is 1. The summed E-state index contributed by atoms with van der Waals surface area (Å²) in [5.41, 5.74) is -0.108. The molecule has 0 radical (unpaired) electrons. The number of Topliss-reactive ketones (excluding diaryl/α,β-unsaturated/α-hetero) is 1. The van der Waals surface area contributed by atoms with E-state index in [-0.39, 0.29) is 11.6 Å². The molecule has 0 bridgehead atoms. The number of hydrogen-bond acceptors (Lipinski definition) is 2. The summed E-state index contributed by atoms with van der Waals surface area (Å²) in [5, 5.41) is 10.1. The minimum Gasteiger partial charge on any atom is -0.384 e. The lowest BCUT2D eigenvalue weighted by Crippen LogP contribution is -2.36. The molecule has 0 aliphatic rings. The highest BCUT2D eigenvalue weighted by molar-refractivity contribution is 5.99. The van der Waals surface area contributed by atoms with Gasteiger partial charge in [0, 0.05) is 5.56 Å². The Morgan fingerprint density at radius 3 is 2.35 bits per heavy atom. The molecule has 0 heterocycles. The number of carbonyl (C=O) groups is 1. The third-order valence-electron chi connectivity index (χ3n) is 3.01. The Kier molecular flexibility index (Phi) is 4.40. The standard InChI is InChI=1S/C14H19FO2/c1-4-9-14(2,3)13(17)12(16)10-5-7-11(15)8-6-10/h5-8,13,17H,4,9H2,1-3H3. The third-order valence-corrected chi connectivity index (χ3v) is 3.01. The normalized spacial score (nSPS) is 13.5. The van der Waals surface area contributed by atoms with Crippen LogP contribution in [0.2, 0.25) is 0 Å². The number of halogens is 1. The molecule has 0 aliphatic carbocycles. The SMILES string of the molecule is CCCC(C)(C)C(O)C(=O)c1ccc(F)cc1. The quantitative estimate of drug-likeness (QED) is 0.800. The maximum atomic E-state index is 12.7.